The van der Waals surface area contributed by atoms with E-state index < -0.39 is 11.7 Å². The molecule has 5 rings (SSSR count). The van der Waals surface area contributed by atoms with Crippen LogP contribution in [-0.4, -0.2) is 35.1 Å². The molecule has 0 spiro atoms. The smallest absolute Gasteiger partial charge is 0.346 e. The molecule has 8 nitrogen and oxygen atoms in total. The van der Waals surface area contributed by atoms with Gasteiger partial charge in [-0.25, -0.2) is 15.0 Å². The fraction of sp³-hybridized carbons (Fsp3) is 0.0588. The largest absolute Gasteiger partial charge is 0.416 e. The molecule has 28 heavy (non-hydrogen) atoms. The first-order chi connectivity index (χ1) is 13.5. The highest BCUT2D eigenvalue weighted by Crippen LogP contribution is 2.33. The van der Waals surface area contributed by atoms with Gasteiger partial charge in [0.2, 0.25) is 0 Å². The molecular weight excluding hydrogens is 373 g/mol. The van der Waals surface area contributed by atoms with Crippen molar-refractivity contribution in [1.82, 2.24) is 35.1 Å². The van der Waals surface area contributed by atoms with Crippen molar-refractivity contribution >= 4 is 33.6 Å². The van der Waals surface area contributed by atoms with Crippen LogP contribution >= 0.6 is 0 Å². The van der Waals surface area contributed by atoms with Gasteiger partial charge in [0, 0.05) is 6.20 Å². The van der Waals surface area contributed by atoms with Crippen molar-refractivity contribution < 1.29 is 13.2 Å². The van der Waals surface area contributed by atoms with E-state index in [0.29, 0.717) is 34.2 Å². The summed E-state index contributed by atoms with van der Waals surface area (Å²) in [4.78, 5) is 18.6. The number of imidazole rings is 1. The van der Waals surface area contributed by atoms with E-state index in [1.807, 2.05) is 6.07 Å². The lowest BCUT2D eigenvalue weighted by atomic mass is 10.2. The standard InChI is InChI=1S/C17H11F3N8/c18-17(19,20)8-1-2-10-11(5-8)26-16(25-10)13-12(6-24-28-13)27-15-9-3-4-21-14(9)22-7-23-15/h1-7H,(H,24,28)(H,25,26)(H2,21,22,23,27). The van der Waals surface area contributed by atoms with Crippen molar-refractivity contribution in [2.24, 2.45) is 0 Å². The molecule has 0 aliphatic carbocycles. The lowest BCUT2D eigenvalue weighted by molar-refractivity contribution is -0.137. The zero-order valence-electron chi connectivity index (χ0n) is 14.0. The highest BCUT2D eigenvalue weighted by Gasteiger charge is 2.30. The van der Waals surface area contributed by atoms with Gasteiger partial charge >= 0.3 is 6.18 Å². The van der Waals surface area contributed by atoms with Crippen LogP contribution < -0.4 is 5.32 Å². The minimum Gasteiger partial charge on any atom is -0.346 e. The fourth-order valence-corrected chi connectivity index (χ4v) is 2.97. The van der Waals surface area contributed by atoms with Crippen LogP contribution in [0.1, 0.15) is 5.56 Å². The first-order valence-electron chi connectivity index (χ1n) is 8.15. The zero-order chi connectivity index (χ0) is 19.3. The average molecular weight is 384 g/mol. The SMILES string of the molecule is FC(F)(F)c1ccc2nc(-c3[nH]ncc3Nc3ncnc4[nH]ccc34)[nH]c2c1. The van der Waals surface area contributed by atoms with E-state index in [1.54, 1.807) is 12.4 Å². The van der Waals surface area contributed by atoms with Crippen LogP contribution in [0.25, 0.3) is 33.6 Å². The Labute approximate surface area is 154 Å². The summed E-state index contributed by atoms with van der Waals surface area (Å²) in [5, 5.41) is 10.8. The third-order valence-corrected chi connectivity index (χ3v) is 4.29. The second kappa shape index (κ2) is 5.81. The Hall–Kier alpha value is -3.89. The van der Waals surface area contributed by atoms with E-state index in [-0.39, 0.29) is 5.52 Å². The van der Waals surface area contributed by atoms with Gasteiger partial charge in [-0.2, -0.15) is 18.3 Å². The van der Waals surface area contributed by atoms with E-state index in [4.69, 9.17) is 0 Å². The van der Waals surface area contributed by atoms with Gasteiger partial charge in [-0.3, -0.25) is 5.10 Å². The Morgan fingerprint density at radius 1 is 1.07 bits per heavy atom. The van der Waals surface area contributed by atoms with Crippen LogP contribution in [0, 0.1) is 0 Å². The molecule has 11 heteroatoms. The minimum absolute atomic E-state index is 0.278. The lowest BCUT2D eigenvalue weighted by Gasteiger charge is -2.05. The first kappa shape index (κ1) is 16.3. The number of aromatic nitrogens is 7. The van der Waals surface area contributed by atoms with Crippen LogP contribution in [-0.2, 0) is 6.18 Å². The predicted octanol–water partition coefficient (Wildman–Crippen LogP) is 3.99. The summed E-state index contributed by atoms with van der Waals surface area (Å²) in [6.07, 6.45) is 0.290. The molecule has 0 aliphatic heterocycles. The molecule has 5 aromatic rings. The average Bonchev–Trinajstić information content (AvgIpc) is 3.39. The molecule has 0 unspecified atom stereocenters. The second-order valence-electron chi connectivity index (χ2n) is 6.06. The number of hydrogen-bond acceptors (Lipinski definition) is 5. The number of alkyl halides is 3. The summed E-state index contributed by atoms with van der Waals surface area (Å²) in [6.45, 7) is 0. The molecule has 0 amide bonds. The molecule has 0 saturated heterocycles. The molecular formula is C17H11F3N8. The monoisotopic (exact) mass is 384 g/mol. The third-order valence-electron chi connectivity index (χ3n) is 4.29. The molecule has 0 atom stereocenters. The van der Waals surface area contributed by atoms with Crippen LogP contribution in [0.2, 0.25) is 0 Å². The summed E-state index contributed by atoms with van der Waals surface area (Å²) >= 11 is 0. The maximum atomic E-state index is 12.9. The number of rotatable bonds is 3. The Morgan fingerprint density at radius 3 is 2.82 bits per heavy atom. The topological polar surface area (TPSA) is 111 Å². The predicted molar refractivity (Wildman–Crippen MR) is 95.8 cm³/mol. The van der Waals surface area contributed by atoms with Gasteiger partial charge in [0.05, 0.1) is 33.9 Å². The van der Waals surface area contributed by atoms with Crippen molar-refractivity contribution in [3.8, 4) is 11.5 Å². The molecule has 4 N–H and O–H groups in total. The van der Waals surface area contributed by atoms with E-state index in [9.17, 15) is 13.2 Å². The number of H-pyrrole nitrogens is 3. The van der Waals surface area contributed by atoms with Crippen molar-refractivity contribution in [1.29, 1.82) is 0 Å². The molecule has 4 heterocycles. The fourth-order valence-electron chi connectivity index (χ4n) is 2.97. The Kier molecular flexibility index (Phi) is 3.38. The summed E-state index contributed by atoms with van der Waals surface area (Å²) in [5.41, 5.74) is 1.68. The minimum atomic E-state index is -4.42. The number of aromatic amines is 3. The number of nitrogens with one attached hydrogen (secondary N) is 4. The summed E-state index contributed by atoms with van der Waals surface area (Å²) < 4.78 is 38.8. The van der Waals surface area contributed by atoms with E-state index in [0.717, 1.165) is 17.5 Å². The summed E-state index contributed by atoms with van der Waals surface area (Å²) in [5.74, 6) is 0.915. The quantitative estimate of drug-likeness (QED) is 0.376. The maximum absolute atomic E-state index is 12.9. The second-order valence-corrected chi connectivity index (χ2v) is 6.06. The molecule has 0 aliphatic rings. The van der Waals surface area contributed by atoms with Crippen molar-refractivity contribution in [2.75, 3.05) is 5.32 Å². The van der Waals surface area contributed by atoms with Gasteiger partial charge < -0.3 is 15.3 Å². The van der Waals surface area contributed by atoms with Gasteiger partial charge in [0.1, 0.15) is 23.5 Å². The van der Waals surface area contributed by atoms with E-state index in [2.05, 4.69) is 40.4 Å². The Bertz CT molecular complexity index is 1300. The number of halogens is 3. The van der Waals surface area contributed by atoms with Crippen LogP contribution in [0.5, 0.6) is 0 Å². The Morgan fingerprint density at radius 2 is 1.96 bits per heavy atom. The normalized spacial score (nSPS) is 12.1. The van der Waals surface area contributed by atoms with Gasteiger partial charge in [0.25, 0.3) is 0 Å². The zero-order valence-corrected chi connectivity index (χ0v) is 14.0. The van der Waals surface area contributed by atoms with Gasteiger partial charge in [0.15, 0.2) is 5.82 Å². The molecule has 0 bridgehead atoms. The molecule has 0 radical (unpaired) electrons. The van der Waals surface area contributed by atoms with Crippen LogP contribution in [0.3, 0.4) is 0 Å². The number of anilines is 2. The first-order valence-corrected chi connectivity index (χ1v) is 8.15. The van der Waals surface area contributed by atoms with Crippen molar-refractivity contribution in [3.05, 3.63) is 48.5 Å². The number of fused-ring (bicyclic) bond motifs is 2. The molecule has 0 saturated carbocycles. The molecule has 0 fully saturated rings. The van der Waals surface area contributed by atoms with Gasteiger partial charge in [-0.1, -0.05) is 0 Å². The molecule has 140 valence electrons. The molecule has 4 aromatic heterocycles. The molecule has 1 aromatic carbocycles. The highest BCUT2D eigenvalue weighted by atomic mass is 19.4. The number of hydrogen-bond donors (Lipinski definition) is 4. The third kappa shape index (κ3) is 2.64. The lowest BCUT2D eigenvalue weighted by Crippen LogP contribution is -2.04. The van der Waals surface area contributed by atoms with E-state index >= 15 is 0 Å². The van der Waals surface area contributed by atoms with Gasteiger partial charge in [-0.05, 0) is 24.3 Å². The Balaban J connectivity index is 1.55. The van der Waals surface area contributed by atoms with Crippen LogP contribution in [0.4, 0.5) is 24.7 Å². The van der Waals surface area contributed by atoms with Crippen LogP contribution in [0.15, 0.2) is 43.0 Å². The summed E-state index contributed by atoms with van der Waals surface area (Å²) in [6, 6.07) is 5.19. The highest BCUT2D eigenvalue weighted by molar-refractivity contribution is 5.90. The number of benzene rings is 1. The maximum Gasteiger partial charge on any atom is 0.416 e. The number of nitrogens with zero attached hydrogens (tertiary/aromatic N) is 4. The summed E-state index contributed by atoms with van der Waals surface area (Å²) in [7, 11) is 0. The van der Waals surface area contributed by atoms with Crippen molar-refractivity contribution in [3.63, 3.8) is 0 Å². The van der Waals surface area contributed by atoms with E-state index in [1.165, 1.54) is 12.4 Å². The van der Waals surface area contributed by atoms with Crippen molar-refractivity contribution in [2.45, 2.75) is 6.18 Å². The van der Waals surface area contributed by atoms with Gasteiger partial charge in [-0.15, -0.1) is 0 Å².